The van der Waals surface area contributed by atoms with Gasteiger partial charge < -0.3 is 37.8 Å². The van der Waals surface area contributed by atoms with E-state index < -0.39 is 42.0 Å². The number of unbranched alkanes of at least 4 members (excludes halogenated alkanes) is 2. The Hall–Kier alpha value is -2.24. The molecular formula is C23H44N6O5. The molecule has 0 aromatic rings. The zero-order valence-corrected chi connectivity index (χ0v) is 20.6. The maximum absolute atomic E-state index is 13.4. The first kappa shape index (κ1) is 29.8. The molecule has 4 atom stereocenters. The normalized spacial score (nSPS) is 18.4. The Bertz CT molecular complexity index is 674. The fourth-order valence-corrected chi connectivity index (χ4v) is 4.13. The highest BCUT2D eigenvalue weighted by atomic mass is 16.4. The van der Waals surface area contributed by atoms with Crippen LogP contribution in [0.3, 0.4) is 0 Å². The fourth-order valence-electron chi connectivity index (χ4n) is 4.13. The molecule has 34 heavy (non-hydrogen) atoms. The highest BCUT2D eigenvalue weighted by molar-refractivity contribution is 5.94. The average molecular weight is 485 g/mol. The highest BCUT2D eigenvalue weighted by Crippen LogP contribution is 2.21. The Labute approximate surface area is 202 Å². The number of nitrogens with two attached hydrogens (primary N) is 3. The molecule has 196 valence electrons. The number of hydrogen-bond donors (Lipinski definition) is 6. The van der Waals surface area contributed by atoms with Crippen molar-refractivity contribution in [1.29, 1.82) is 0 Å². The average Bonchev–Trinajstić information content (AvgIpc) is 3.27. The van der Waals surface area contributed by atoms with Crippen LogP contribution in [0, 0.1) is 5.92 Å². The number of carbonyl (C=O) groups is 4. The van der Waals surface area contributed by atoms with Gasteiger partial charge >= 0.3 is 5.97 Å². The lowest BCUT2D eigenvalue weighted by molar-refractivity contribution is -0.145. The Morgan fingerprint density at radius 1 is 0.971 bits per heavy atom. The van der Waals surface area contributed by atoms with Crippen molar-refractivity contribution in [2.75, 3.05) is 19.6 Å². The number of carboxylic acids is 1. The molecule has 0 bridgehead atoms. The molecule has 1 aliphatic rings. The largest absolute Gasteiger partial charge is 0.480 e. The van der Waals surface area contributed by atoms with Gasteiger partial charge in [0.25, 0.3) is 0 Å². The van der Waals surface area contributed by atoms with Crippen molar-refractivity contribution < 1.29 is 24.3 Å². The van der Waals surface area contributed by atoms with E-state index >= 15 is 0 Å². The van der Waals surface area contributed by atoms with E-state index in [1.54, 1.807) is 0 Å². The SMILES string of the molecule is CC(C)CC(NC(=O)C1CCCN1C(=O)C(CCCCN)NC(=O)C(N)CCCCN)C(=O)O. The van der Waals surface area contributed by atoms with Crippen molar-refractivity contribution in [3.8, 4) is 0 Å². The number of hydrogen-bond acceptors (Lipinski definition) is 7. The van der Waals surface area contributed by atoms with Gasteiger partial charge in [-0.3, -0.25) is 14.4 Å². The molecule has 1 fully saturated rings. The van der Waals surface area contributed by atoms with Gasteiger partial charge in [0.15, 0.2) is 0 Å². The first-order valence-electron chi connectivity index (χ1n) is 12.4. The van der Waals surface area contributed by atoms with E-state index in [0.717, 1.165) is 6.42 Å². The zero-order chi connectivity index (χ0) is 25.7. The molecular weight excluding hydrogens is 440 g/mol. The first-order chi connectivity index (χ1) is 16.1. The number of rotatable bonds is 16. The quantitative estimate of drug-likeness (QED) is 0.160. The van der Waals surface area contributed by atoms with Crippen LogP contribution >= 0.6 is 0 Å². The summed E-state index contributed by atoms with van der Waals surface area (Å²) in [6.45, 7) is 5.11. The first-order valence-corrected chi connectivity index (χ1v) is 12.4. The number of aliphatic carboxylic acids is 1. The van der Waals surface area contributed by atoms with Crippen LogP contribution in [0.2, 0.25) is 0 Å². The van der Waals surface area contributed by atoms with Crippen LogP contribution in [0.5, 0.6) is 0 Å². The standard InChI is InChI=1S/C23H44N6O5/c1-15(2)14-18(23(33)34)28-21(31)19-10-7-13-29(19)22(32)17(9-4-6-12-25)27-20(30)16(26)8-3-5-11-24/h15-19H,3-14,24-26H2,1-2H3,(H,27,30)(H,28,31)(H,33,34). The summed E-state index contributed by atoms with van der Waals surface area (Å²) in [6, 6.07) is -3.36. The maximum Gasteiger partial charge on any atom is 0.326 e. The van der Waals surface area contributed by atoms with E-state index in [9.17, 15) is 24.3 Å². The van der Waals surface area contributed by atoms with Crippen molar-refractivity contribution in [2.45, 2.75) is 95.8 Å². The molecule has 0 saturated carbocycles. The molecule has 11 nitrogen and oxygen atoms in total. The molecule has 0 radical (unpaired) electrons. The summed E-state index contributed by atoms with van der Waals surface area (Å²) in [5.41, 5.74) is 17.1. The second kappa shape index (κ2) is 15.6. The van der Waals surface area contributed by atoms with Gasteiger partial charge in [-0.1, -0.05) is 20.3 Å². The van der Waals surface area contributed by atoms with Crippen LogP contribution in [0.4, 0.5) is 0 Å². The van der Waals surface area contributed by atoms with Crippen molar-refractivity contribution in [2.24, 2.45) is 23.1 Å². The monoisotopic (exact) mass is 484 g/mol. The number of amides is 3. The highest BCUT2D eigenvalue weighted by Gasteiger charge is 2.39. The number of carboxylic acid groups (broad SMARTS) is 1. The molecule has 0 aliphatic carbocycles. The van der Waals surface area contributed by atoms with Crippen LogP contribution in [-0.4, -0.2) is 77.5 Å². The van der Waals surface area contributed by atoms with Crippen LogP contribution in [0.1, 0.15) is 71.6 Å². The van der Waals surface area contributed by atoms with E-state index in [0.29, 0.717) is 71.0 Å². The van der Waals surface area contributed by atoms with E-state index in [1.165, 1.54) is 4.90 Å². The summed E-state index contributed by atoms with van der Waals surface area (Å²) >= 11 is 0. The zero-order valence-electron chi connectivity index (χ0n) is 20.6. The second-order valence-electron chi connectivity index (χ2n) is 9.46. The summed E-state index contributed by atoms with van der Waals surface area (Å²) in [5.74, 6) is -2.27. The minimum Gasteiger partial charge on any atom is -0.480 e. The van der Waals surface area contributed by atoms with Crippen LogP contribution < -0.4 is 27.8 Å². The summed E-state index contributed by atoms with van der Waals surface area (Å²) in [4.78, 5) is 52.0. The molecule has 1 heterocycles. The van der Waals surface area contributed by atoms with Gasteiger partial charge in [0.1, 0.15) is 18.1 Å². The smallest absolute Gasteiger partial charge is 0.326 e. The molecule has 0 spiro atoms. The molecule has 4 unspecified atom stereocenters. The Balaban J connectivity index is 2.89. The lowest BCUT2D eigenvalue weighted by atomic mass is 10.0. The number of likely N-dealkylation sites (tertiary alicyclic amines) is 1. The summed E-state index contributed by atoms with van der Waals surface area (Å²) in [6.07, 6.45) is 5.01. The molecule has 9 N–H and O–H groups in total. The molecule has 1 rings (SSSR count). The molecule has 3 amide bonds. The summed E-state index contributed by atoms with van der Waals surface area (Å²) < 4.78 is 0. The number of nitrogens with one attached hydrogen (secondary N) is 2. The van der Waals surface area contributed by atoms with E-state index in [4.69, 9.17) is 17.2 Å². The van der Waals surface area contributed by atoms with Gasteiger partial charge in [-0.25, -0.2) is 4.79 Å². The summed E-state index contributed by atoms with van der Waals surface area (Å²) in [5, 5.41) is 14.8. The minimum atomic E-state index is -1.10. The van der Waals surface area contributed by atoms with Gasteiger partial charge in [0, 0.05) is 6.54 Å². The lowest BCUT2D eigenvalue weighted by Crippen LogP contribution is -2.56. The van der Waals surface area contributed by atoms with Gasteiger partial charge in [0.2, 0.25) is 17.7 Å². The predicted molar refractivity (Wildman–Crippen MR) is 129 cm³/mol. The van der Waals surface area contributed by atoms with Gasteiger partial charge in [0.05, 0.1) is 6.04 Å². The van der Waals surface area contributed by atoms with Gasteiger partial charge in [-0.2, -0.15) is 0 Å². The molecule has 0 aromatic heterocycles. The van der Waals surface area contributed by atoms with E-state index in [1.807, 2.05) is 13.8 Å². The minimum absolute atomic E-state index is 0.0823. The fraction of sp³-hybridized carbons (Fsp3) is 0.826. The van der Waals surface area contributed by atoms with Crippen LogP contribution in [-0.2, 0) is 19.2 Å². The third-order valence-electron chi connectivity index (χ3n) is 6.03. The van der Waals surface area contributed by atoms with Crippen molar-refractivity contribution >= 4 is 23.7 Å². The third kappa shape index (κ3) is 9.94. The predicted octanol–water partition coefficient (Wildman–Crippen LogP) is -0.337. The molecule has 1 aliphatic heterocycles. The van der Waals surface area contributed by atoms with Gasteiger partial charge in [-0.15, -0.1) is 0 Å². The Morgan fingerprint density at radius 3 is 2.15 bits per heavy atom. The Morgan fingerprint density at radius 2 is 1.59 bits per heavy atom. The van der Waals surface area contributed by atoms with Crippen LogP contribution in [0.25, 0.3) is 0 Å². The van der Waals surface area contributed by atoms with E-state index in [-0.39, 0.29) is 11.8 Å². The number of nitrogens with zero attached hydrogens (tertiary/aromatic N) is 1. The molecule has 1 saturated heterocycles. The van der Waals surface area contributed by atoms with Crippen molar-refractivity contribution in [3.63, 3.8) is 0 Å². The summed E-state index contributed by atoms with van der Waals surface area (Å²) in [7, 11) is 0. The molecule has 0 aromatic carbocycles. The van der Waals surface area contributed by atoms with Crippen molar-refractivity contribution in [1.82, 2.24) is 15.5 Å². The van der Waals surface area contributed by atoms with Crippen LogP contribution in [0.15, 0.2) is 0 Å². The van der Waals surface area contributed by atoms with Gasteiger partial charge in [-0.05, 0) is 70.4 Å². The second-order valence-corrected chi connectivity index (χ2v) is 9.46. The topological polar surface area (TPSA) is 194 Å². The third-order valence-corrected chi connectivity index (χ3v) is 6.03. The number of carbonyl (C=O) groups excluding carboxylic acids is 3. The van der Waals surface area contributed by atoms with Crippen molar-refractivity contribution in [3.05, 3.63) is 0 Å². The molecule has 11 heteroatoms. The maximum atomic E-state index is 13.4. The lowest BCUT2D eigenvalue weighted by Gasteiger charge is -2.30. The Kier molecular flexibility index (Phi) is 13.7. The van der Waals surface area contributed by atoms with E-state index in [2.05, 4.69) is 10.6 Å².